The van der Waals surface area contributed by atoms with Crippen LogP contribution in [0.15, 0.2) is 40.3 Å². The average molecular weight is 615 g/mol. The number of ketones is 1. The second-order valence-corrected chi connectivity index (χ2v) is 10.4. The highest BCUT2D eigenvalue weighted by atomic mass is 79.9. The molecule has 2 aromatic carbocycles. The van der Waals surface area contributed by atoms with Crippen LogP contribution in [0.25, 0.3) is 5.76 Å². The fourth-order valence-corrected chi connectivity index (χ4v) is 5.40. The molecule has 3 rings (SSSR count). The maximum atomic E-state index is 13.0. The number of aliphatic hydroxyl groups excluding tert-OH is 1. The molecule has 206 valence electrons. The van der Waals surface area contributed by atoms with Crippen LogP contribution in [0.2, 0.25) is 0 Å². The molecule has 1 atom stereocenters. The van der Waals surface area contributed by atoms with Gasteiger partial charge in [-0.3, -0.25) is 9.59 Å². The minimum Gasteiger partial charge on any atom is -0.508 e. The van der Waals surface area contributed by atoms with Crippen LogP contribution in [0.3, 0.4) is 0 Å². The third-order valence-corrected chi connectivity index (χ3v) is 8.12. The highest BCUT2D eigenvalue weighted by Crippen LogP contribution is 2.47. The van der Waals surface area contributed by atoms with Crippen LogP contribution in [0.1, 0.15) is 57.1 Å². The Balaban J connectivity index is 2.18. The van der Waals surface area contributed by atoms with Crippen LogP contribution in [0.4, 0.5) is 0 Å². The molecule has 2 aromatic rings. The minimum atomic E-state index is -1.73. The Labute approximate surface area is 239 Å². The summed E-state index contributed by atoms with van der Waals surface area (Å²) in [6, 6.07) is 1.81. The van der Waals surface area contributed by atoms with E-state index in [2.05, 4.69) is 24.8 Å². The third kappa shape index (κ3) is 5.28. The third-order valence-electron chi connectivity index (χ3n) is 6.98. The summed E-state index contributed by atoms with van der Waals surface area (Å²) in [6.07, 6.45) is 5.67. The van der Waals surface area contributed by atoms with Gasteiger partial charge in [0.25, 0.3) is 0 Å². The molecule has 0 saturated carbocycles. The van der Waals surface area contributed by atoms with E-state index >= 15 is 0 Å². The van der Waals surface area contributed by atoms with Gasteiger partial charge in [0.05, 0.1) is 12.7 Å². The minimum absolute atomic E-state index is 0.0601. The second kappa shape index (κ2) is 11.8. The van der Waals surface area contributed by atoms with Crippen molar-refractivity contribution in [2.45, 2.75) is 53.6 Å². The number of aliphatic hydroxyl groups is 1. The lowest BCUT2D eigenvalue weighted by molar-refractivity contribution is -0.124. The smallest absolute Gasteiger partial charge is 0.249 e. The van der Waals surface area contributed by atoms with Crippen LogP contribution in [-0.4, -0.2) is 40.8 Å². The Kier molecular flexibility index (Phi) is 9.14. The Morgan fingerprint density at radius 3 is 2.31 bits per heavy atom. The van der Waals surface area contributed by atoms with Gasteiger partial charge in [-0.1, -0.05) is 6.92 Å². The topological polar surface area (TPSA) is 102 Å². The first-order valence-electron chi connectivity index (χ1n) is 12.3. The Hall–Kier alpha value is -3.35. The molecule has 0 bridgehead atoms. The molecule has 1 aliphatic carbocycles. The maximum Gasteiger partial charge on any atom is 0.249 e. The first-order valence-corrected chi connectivity index (χ1v) is 13.6. The summed E-state index contributed by atoms with van der Waals surface area (Å²) < 4.78 is 18.2. The van der Waals surface area contributed by atoms with E-state index in [1.54, 1.807) is 6.92 Å². The van der Waals surface area contributed by atoms with Crippen molar-refractivity contribution in [2.24, 2.45) is 0 Å². The van der Waals surface area contributed by atoms with Crippen molar-refractivity contribution >= 4 is 48.4 Å². The number of phenols is 1. The van der Waals surface area contributed by atoms with Crippen molar-refractivity contribution < 1.29 is 34.0 Å². The van der Waals surface area contributed by atoms with E-state index in [1.165, 1.54) is 19.0 Å². The van der Waals surface area contributed by atoms with Gasteiger partial charge in [-0.25, -0.2) is 0 Å². The number of hydrogen-bond donors (Lipinski definition) is 2. The van der Waals surface area contributed by atoms with Crippen LogP contribution in [0, 0.1) is 34.6 Å². The number of benzene rings is 2. The number of methoxy groups -OCH3 is 1. The van der Waals surface area contributed by atoms with Crippen molar-refractivity contribution in [2.75, 3.05) is 7.11 Å². The first kappa shape index (κ1) is 30.2. The SMILES string of the molecule is CC/C=C(\Oc1cc(C)c(C=O)c(C)c1C)c1c(C)c(C)c(OC2(C=P)C(=O)C=C(O)C=C2OC)c(Br)c1O. The largest absolute Gasteiger partial charge is 0.508 e. The Morgan fingerprint density at radius 1 is 1.08 bits per heavy atom. The lowest BCUT2D eigenvalue weighted by Crippen LogP contribution is -2.49. The summed E-state index contributed by atoms with van der Waals surface area (Å²) in [4.78, 5) is 24.6. The second-order valence-electron chi connectivity index (χ2n) is 9.30. The molecule has 7 nitrogen and oxygen atoms in total. The van der Waals surface area contributed by atoms with E-state index in [0.717, 1.165) is 29.1 Å². The Bertz CT molecular complexity index is 1440. The maximum absolute atomic E-state index is 13.0. The molecule has 0 amide bonds. The van der Waals surface area contributed by atoms with Gasteiger partial charge in [0.1, 0.15) is 33.2 Å². The van der Waals surface area contributed by atoms with Crippen molar-refractivity contribution in [3.63, 3.8) is 0 Å². The van der Waals surface area contributed by atoms with Gasteiger partial charge in [-0.2, -0.15) is 0 Å². The molecule has 0 saturated heterocycles. The highest BCUT2D eigenvalue weighted by Gasteiger charge is 2.46. The fraction of sp³-hybridized carbons (Fsp3) is 0.300. The van der Waals surface area contributed by atoms with Gasteiger partial charge < -0.3 is 24.4 Å². The molecule has 1 unspecified atom stereocenters. The van der Waals surface area contributed by atoms with E-state index < -0.39 is 11.4 Å². The number of aldehydes is 1. The van der Waals surface area contributed by atoms with Gasteiger partial charge in [-0.05, 0) is 103 Å². The summed E-state index contributed by atoms with van der Waals surface area (Å²) in [5.41, 5.74) is 3.08. The molecular weight excluding hydrogens is 583 g/mol. The van der Waals surface area contributed by atoms with Crippen LogP contribution in [0.5, 0.6) is 17.2 Å². The quantitative estimate of drug-likeness (QED) is 0.179. The van der Waals surface area contributed by atoms with Gasteiger partial charge in [0.15, 0.2) is 12.0 Å². The number of aromatic hydroxyl groups is 1. The van der Waals surface area contributed by atoms with Crippen molar-refractivity contribution in [3.8, 4) is 17.2 Å². The lowest BCUT2D eigenvalue weighted by atomic mass is 9.91. The number of halogens is 1. The number of phenolic OH excluding ortho intramolecular Hbond substituents is 1. The molecule has 0 radical (unpaired) electrons. The number of aryl methyl sites for hydroxylation is 1. The zero-order valence-electron chi connectivity index (χ0n) is 23.0. The molecule has 0 heterocycles. The highest BCUT2D eigenvalue weighted by molar-refractivity contribution is 9.10. The van der Waals surface area contributed by atoms with Gasteiger partial charge in [0.2, 0.25) is 11.4 Å². The zero-order chi connectivity index (χ0) is 29.2. The number of ether oxygens (including phenoxy) is 3. The summed E-state index contributed by atoms with van der Waals surface area (Å²) >= 11 is 3.47. The number of rotatable bonds is 9. The first-order chi connectivity index (χ1) is 18.4. The van der Waals surface area contributed by atoms with E-state index in [-0.39, 0.29) is 27.5 Å². The zero-order valence-corrected chi connectivity index (χ0v) is 25.6. The average Bonchev–Trinajstić information content (AvgIpc) is 2.89. The number of carbonyl (C=O) groups is 2. The van der Waals surface area contributed by atoms with E-state index in [4.69, 9.17) is 14.2 Å². The molecule has 1 aliphatic rings. The van der Waals surface area contributed by atoms with Gasteiger partial charge in [-0.15, -0.1) is 8.86 Å². The molecular formula is C30H32BrO7P. The van der Waals surface area contributed by atoms with Gasteiger partial charge in [0, 0.05) is 17.7 Å². The molecule has 0 fully saturated rings. The molecule has 39 heavy (non-hydrogen) atoms. The van der Waals surface area contributed by atoms with Crippen molar-refractivity contribution in [3.05, 3.63) is 79.2 Å². The molecule has 2 N–H and O–H groups in total. The van der Waals surface area contributed by atoms with E-state index in [1.807, 2.05) is 46.8 Å². The van der Waals surface area contributed by atoms with Crippen LogP contribution in [-0.2, 0) is 9.53 Å². The van der Waals surface area contributed by atoms with Gasteiger partial charge >= 0.3 is 0 Å². The van der Waals surface area contributed by atoms with Crippen LogP contribution >= 0.6 is 24.8 Å². The van der Waals surface area contributed by atoms with E-state index in [9.17, 15) is 19.8 Å². The molecule has 0 aromatic heterocycles. The number of hydrogen-bond acceptors (Lipinski definition) is 7. The standard InChI is InChI=1S/C30H32BrO7P/c1-8-9-22(37-23-10-15(2)21(13-32)16(3)17(23)4)26-18(5)19(6)29(27(31)28(26)35)38-30(14-39)24(34)11-20(33)12-25(30)36-7/h9-14,33,35,39H,8H2,1-7H3/b22-9-. The normalized spacial score (nSPS) is 17.3. The number of allylic oxidation sites excluding steroid dienone is 2. The van der Waals surface area contributed by atoms with Crippen LogP contribution < -0.4 is 9.47 Å². The van der Waals surface area contributed by atoms with Crippen molar-refractivity contribution in [1.82, 2.24) is 0 Å². The molecule has 0 aliphatic heterocycles. The predicted octanol–water partition coefficient (Wildman–Crippen LogP) is 6.96. The Morgan fingerprint density at radius 2 is 1.74 bits per heavy atom. The summed E-state index contributed by atoms with van der Waals surface area (Å²) in [5.74, 6) is 1.65. The predicted molar refractivity (Wildman–Crippen MR) is 159 cm³/mol. The monoisotopic (exact) mass is 614 g/mol. The summed E-state index contributed by atoms with van der Waals surface area (Å²) in [5, 5.41) is 21.4. The number of carbonyl (C=O) groups excluding carboxylic acids is 2. The van der Waals surface area contributed by atoms with Crippen molar-refractivity contribution in [1.29, 1.82) is 0 Å². The summed E-state index contributed by atoms with van der Waals surface area (Å²) in [6.45, 7) is 11.2. The lowest BCUT2D eigenvalue weighted by Gasteiger charge is -2.33. The van der Waals surface area contributed by atoms with E-state index in [0.29, 0.717) is 40.2 Å². The molecule has 9 heteroatoms. The molecule has 0 spiro atoms. The fourth-order valence-electron chi connectivity index (χ4n) is 4.48. The summed E-state index contributed by atoms with van der Waals surface area (Å²) in [7, 11) is 4.67.